The van der Waals surface area contributed by atoms with Gasteiger partial charge in [-0.3, -0.25) is 28.8 Å². The number of nitrogens with zero attached hydrogens (tertiary/aromatic N) is 4. The SMILES string of the molecule is CCC(=O)N[C@H](Cc1ccc(NC(=O)[C@@H](CC(=O)c2ccnn2CC)C2Cc3ccccc3C2)cc1)C(=O)N1CCN(Cc2ccccc2)CC1. The standard InChI is InChI=1S/C41H48N6O4/c1-3-39(49)44-36(41(51)46-22-20-45(21-23-46)28-30-10-6-5-7-11-30)24-29-14-16-34(17-15-29)43-40(50)35(27-38(48)37-18-19-42-47(37)4-2)33-25-31-12-8-9-13-32(31)26-33/h5-19,33,35-36H,3-4,20-28H2,1-2H3,(H,43,50)(H,44,49)/t35-,36+/m0/s1. The maximum absolute atomic E-state index is 13.9. The molecule has 0 spiro atoms. The van der Waals surface area contributed by atoms with Gasteiger partial charge in [0.2, 0.25) is 17.7 Å². The van der Waals surface area contributed by atoms with E-state index < -0.39 is 12.0 Å². The molecular formula is C41H48N6O4. The Hall–Kier alpha value is -5.09. The van der Waals surface area contributed by atoms with Gasteiger partial charge in [-0.25, -0.2) is 0 Å². The van der Waals surface area contributed by atoms with Gasteiger partial charge < -0.3 is 15.5 Å². The Morgan fingerprint density at radius 2 is 1.47 bits per heavy atom. The van der Waals surface area contributed by atoms with E-state index in [1.165, 1.54) is 16.7 Å². The molecule has 0 radical (unpaired) electrons. The Morgan fingerprint density at radius 3 is 2.12 bits per heavy atom. The molecule has 1 aliphatic heterocycles. The molecule has 2 N–H and O–H groups in total. The smallest absolute Gasteiger partial charge is 0.245 e. The van der Waals surface area contributed by atoms with Crippen molar-refractivity contribution in [2.75, 3.05) is 31.5 Å². The zero-order chi connectivity index (χ0) is 35.7. The molecule has 2 aliphatic rings. The third-order valence-corrected chi connectivity index (χ3v) is 10.2. The van der Waals surface area contributed by atoms with Crippen molar-refractivity contribution in [3.63, 3.8) is 0 Å². The first kappa shape index (κ1) is 35.7. The van der Waals surface area contributed by atoms with E-state index in [9.17, 15) is 19.2 Å². The average Bonchev–Trinajstić information content (AvgIpc) is 3.82. The van der Waals surface area contributed by atoms with Gasteiger partial charge in [-0.2, -0.15) is 5.10 Å². The van der Waals surface area contributed by atoms with Gasteiger partial charge >= 0.3 is 0 Å². The molecule has 6 rings (SSSR count). The summed E-state index contributed by atoms with van der Waals surface area (Å²) in [6.45, 7) is 7.88. The summed E-state index contributed by atoms with van der Waals surface area (Å²) in [6.07, 6.45) is 3.83. The fourth-order valence-electron chi connectivity index (χ4n) is 7.36. The zero-order valence-corrected chi connectivity index (χ0v) is 29.6. The number of aromatic nitrogens is 2. The van der Waals surface area contributed by atoms with Crippen LogP contribution in [0.25, 0.3) is 0 Å². The van der Waals surface area contributed by atoms with Gasteiger partial charge in [0.05, 0.1) is 0 Å². The predicted molar refractivity (Wildman–Crippen MR) is 197 cm³/mol. The van der Waals surface area contributed by atoms with Crippen LogP contribution in [0.4, 0.5) is 5.69 Å². The van der Waals surface area contributed by atoms with E-state index in [4.69, 9.17) is 0 Å². The molecule has 0 bridgehead atoms. The second-order valence-corrected chi connectivity index (χ2v) is 13.7. The van der Waals surface area contributed by atoms with E-state index in [0.29, 0.717) is 37.4 Å². The van der Waals surface area contributed by atoms with Crippen LogP contribution in [0, 0.1) is 11.8 Å². The average molecular weight is 689 g/mol. The van der Waals surface area contributed by atoms with Crippen molar-refractivity contribution in [3.05, 3.63) is 119 Å². The summed E-state index contributed by atoms with van der Waals surface area (Å²) in [5.41, 5.74) is 5.70. The minimum Gasteiger partial charge on any atom is -0.344 e. The number of carbonyl (C=O) groups is 4. The van der Waals surface area contributed by atoms with Crippen LogP contribution in [0.15, 0.2) is 91.1 Å². The third kappa shape index (κ3) is 8.99. The van der Waals surface area contributed by atoms with Crippen molar-refractivity contribution in [1.29, 1.82) is 0 Å². The van der Waals surface area contributed by atoms with Crippen molar-refractivity contribution in [2.45, 2.75) is 65.1 Å². The number of benzene rings is 3. The Kier molecular flexibility index (Phi) is 11.7. The highest BCUT2D eigenvalue weighted by molar-refractivity contribution is 6.00. The number of Topliss-reactive ketones (excluding diaryl/α,β-unsaturated/α-hetero) is 1. The fraction of sp³-hybridized carbons (Fsp3) is 0.390. The Morgan fingerprint density at radius 1 is 0.804 bits per heavy atom. The summed E-state index contributed by atoms with van der Waals surface area (Å²) >= 11 is 0. The maximum Gasteiger partial charge on any atom is 0.245 e. The number of carbonyl (C=O) groups excluding carboxylic acids is 4. The van der Waals surface area contributed by atoms with Crippen LogP contribution in [0.2, 0.25) is 0 Å². The van der Waals surface area contributed by atoms with Gasteiger partial charge in [0, 0.05) is 76.3 Å². The van der Waals surface area contributed by atoms with Gasteiger partial charge in [-0.05, 0) is 66.1 Å². The van der Waals surface area contributed by atoms with Crippen LogP contribution in [0.3, 0.4) is 0 Å². The monoisotopic (exact) mass is 688 g/mol. The number of hydrogen-bond acceptors (Lipinski definition) is 6. The van der Waals surface area contributed by atoms with Gasteiger partial charge in [-0.1, -0.05) is 73.7 Å². The van der Waals surface area contributed by atoms with Gasteiger partial charge in [0.25, 0.3) is 0 Å². The van der Waals surface area contributed by atoms with Crippen molar-refractivity contribution < 1.29 is 19.2 Å². The molecule has 4 aromatic rings. The molecule has 0 unspecified atom stereocenters. The van der Waals surface area contributed by atoms with Crippen molar-refractivity contribution >= 4 is 29.2 Å². The summed E-state index contributed by atoms with van der Waals surface area (Å²) in [7, 11) is 0. The van der Waals surface area contributed by atoms with E-state index >= 15 is 0 Å². The lowest BCUT2D eigenvalue weighted by Crippen LogP contribution is -2.55. The first-order valence-corrected chi connectivity index (χ1v) is 18.2. The highest BCUT2D eigenvalue weighted by Gasteiger charge is 2.36. The quantitative estimate of drug-likeness (QED) is 0.182. The highest BCUT2D eigenvalue weighted by atomic mass is 16.2. The van der Waals surface area contributed by atoms with Crippen LogP contribution in [-0.4, -0.2) is 75.3 Å². The van der Waals surface area contributed by atoms with Crippen LogP contribution >= 0.6 is 0 Å². The predicted octanol–water partition coefficient (Wildman–Crippen LogP) is 4.93. The van der Waals surface area contributed by atoms with Crippen LogP contribution in [0.1, 0.15) is 59.4 Å². The van der Waals surface area contributed by atoms with E-state index in [1.54, 1.807) is 23.9 Å². The summed E-state index contributed by atoms with van der Waals surface area (Å²) in [5.74, 6) is -1.06. The summed E-state index contributed by atoms with van der Waals surface area (Å²) in [4.78, 5) is 57.8. The molecule has 2 atom stereocenters. The van der Waals surface area contributed by atoms with Gasteiger partial charge in [0.1, 0.15) is 11.7 Å². The number of fused-ring (bicyclic) bond motifs is 1. The minimum atomic E-state index is -0.686. The summed E-state index contributed by atoms with van der Waals surface area (Å²) < 4.78 is 1.67. The molecule has 10 nitrogen and oxygen atoms in total. The van der Waals surface area contributed by atoms with Crippen molar-refractivity contribution in [2.24, 2.45) is 11.8 Å². The normalized spacial score (nSPS) is 15.9. The number of piperazine rings is 1. The van der Waals surface area contributed by atoms with E-state index in [2.05, 4.69) is 44.9 Å². The first-order chi connectivity index (χ1) is 24.8. The fourth-order valence-corrected chi connectivity index (χ4v) is 7.36. The topological polar surface area (TPSA) is 117 Å². The summed E-state index contributed by atoms with van der Waals surface area (Å²) in [5, 5.41) is 10.3. The second kappa shape index (κ2) is 16.7. The van der Waals surface area contributed by atoms with Crippen LogP contribution in [-0.2, 0) is 46.7 Å². The zero-order valence-electron chi connectivity index (χ0n) is 29.6. The Bertz CT molecular complexity index is 1790. The van der Waals surface area contributed by atoms with Crippen molar-refractivity contribution in [3.8, 4) is 0 Å². The number of anilines is 1. The Balaban J connectivity index is 1.10. The lowest BCUT2D eigenvalue weighted by atomic mass is 9.84. The third-order valence-electron chi connectivity index (χ3n) is 10.2. The molecule has 1 fully saturated rings. The minimum absolute atomic E-state index is 0.00206. The van der Waals surface area contributed by atoms with Crippen LogP contribution in [0.5, 0.6) is 0 Å². The largest absolute Gasteiger partial charge is 0.344 e. The van der Waals surface area contributed by atoms with Crippen LogP contribution < -0.4 is 10.6 Å². The van der Waals surface area contributed by atoms with Gasteiger partial charge in [0.15, 0.2) is 5.78 Å². The summed E-state index contributed by atoms with van der Waals surface area (Å²) in [6, 6.07) is 27.0. The highest BCUT2D eigenvalue weighted by Crippen LogP contribution is 2.34. The van der Waals surface area contributed by atoms with E-state index in [0.717, 1.165) is 38.0 Å². The molecule has 1 saturated heterocycles. The first-order valence-electron chi connectivity index (χ1n) is 18.2. The number of rotatable bonds is 14. The molecule has 2 heterocycles. The molecule has 3 amide bonds. The number of ketones is 1. The molecule has 1 aliphatic carbocycles. The number of aryl methyl sites for hydroxylation is 1. The Labute approximate surface area is 300 Å². The molecule has 10 heteroatoms. The number of hydrogen-bond donors (Lipinski definition) is 2. The molecule has 51 heavy (non-hydrogen) atoms. The number of amides is 3. The lowest BCUT2D eigenvalue weighted by Gasteiger charge is -2.36. The van der Waals surface area contributed by atoms with Crippen molar-refractivity contribution in [1.82, 2.24) is 24.9 Å². The van der Waals surface area contributed by atoms with Gasteiger partial charge in [-0.15, -0.1) is 0 Å². The second-order valence-electron chi connectivity index (χ2n) is 13.7. The lowest BCUT2D eigenvalue weighted by molar-refractivity contribution is -0.138. The molecular weight excluding hydrogens is 640 g/mol. The van der Waals surface area contributed by atoms with E-state index in [1.807, 2.05) is 66.4 Å². The molecule has 3 aromatic carbocycles. The molecule has 0 saturated carbocycles. The number of nitrogens with one attached hydrogen (secondary N) is 2. The maximum atomic E-state index is 13.9. The molecule has 1 aromatic heterocycles. The molecule has 266 valence electrons. The van der Waals surface area contributed by atoms with E-state index in [-0.39, 0.29) is 42.3 Å².